The Morgan fingerprint density at radius 3 is 2.40 bits per heavy atom. The van der Waals surface area contributed by atoms with Gasteiger partial charge in [0.2, 0.25) is 0 Å². The van der Waals surface area contributed by atoms with Crippen molar-refractivity contribution in [3.05, 3.63) is 78.1 Å². The molecule has 0 aliphatic heterocycles. The van der Waals surface area contributed by atoms with Crippen molar-refractivity contribution in [3.8, 4) is 11.4 Å². The number of benzene rings is 3. The molecule has 0 aliphatic carbocycles. The average Bonchev–Trinajstić information content (AvgIpc) is 3.19. The Hall–Kier alpha value is -3.67. The monoisotopic (exact) mass is 402 g/mol. The van der Waals surface area contributed by atoms with Crippen LogP contribution in [0, 0.1) is 5.82 Å². The molecule has 30 heavy (non-hydrogen) atoms. The van der Waals surface area contributed by atoms with E-state index in [9.17, 15) is 9.18 Å². The highest BCUT2D eigenvalue weighted by Gasteiger charge is 2.16. The second-order valence-corrected chi connectivity index (χ2v) is 6.97. The van der Waals surface area contributed by atoms with Crippen molar-refractivity contribution in [2.24, 2.45) is 0 Å². The van der Waals surface area contributed by atoms with E-state index in [-0.39, 0.29) is 11.7 Å². The van der Waals surface area contributed by atoms with E-state index >= 15 is 0 Å². The molecule has 0 spiro atoms. The molecule has 1 aromatic heterocycles. The molecule has 6 heteroatoms. The van der Waals surface area contributed by atoms with Gasteiger partial charge in [0.15, 0.2) is 0 Å². The van der Waals surface area contributed by atoms with Gasteiger partial charge >= 0.3 is 0 Å². The van der Waals surface area contributed by atoms with Gasteiger partial charge in [-0.1, -0.05) is 30.3 Å². The van der Waals surface area contributed by atoms with E-state index in [0.29, 0.717) is 11.3 Å². The second-order valence-electron chi connectivity index (χ2n) is 6.97. The zero-order chi connectivity index (χ0) is 21.1. The van der Waals surface area contributed by atoms with E-state index in [1.807, 2.05) is 42.5 Å². The lowest BCUT2D eigenvalue weighted by molar-refractivity contribution is 0.102. The van der Waals surface area contributed by atoms with Crippen LogP contribution in [-0.2, 0) is 0 Å². The molecular weight excluding hydrogens is 379 g/mol. The van der Waals surface area contributed by atoms with Crippen molar-refractivity contribution < 1.29 is 9.18 Å². The maximum Gasteiger partial charge on any atom is 0.255 e. The summed E-state index contributed by atoms with van der Waals surface area (Å²) >= 11 is 0. The highest BCUT2D eigenvalue weighted by atomic mass is 19.1. The lowest BCUT2D eigenvalue weighted by Gasteiger charge is -2.24. The number of fused-ring (bicyclic) bond motifs is 1. The number of imidazole rings is 1. The number of nitrogens with zero attached hydrogens (tertiary/aromatic N) is 2. The van der Waals surface area contributed by atoms with Gasteiger partial charge in [-0.3, -0.25) is 4.79 Å². The highest BCUT2D eigenvalue weighted by molar-refractivity contribution is 6.07. The Morgan fingerprint density at radius 2 is 1.73 bits per heavy atom. The zero-order valence-electron chi connectivity index (χ0n) is 16.9. The Labute approximate surface area is 174 Å². The lowest BCUT2D eigenvalue weighted by Crippen LogP contribution is -2.24. The van der Waals surface area contributed by atoms with Crippen molar-refractivity contribution in [3.63, 3.8) is 0 Å². The van der Waals surface area contributed by atoms with Crippen molar-refractivity contribution in [1.29, 1.82) is 0 Å². The molecule has 3 aromatic carbocycles. The average molecular weight is 402 g/mol. The third-order valence-corrected chi connectivity index (χ3v) is 5.11. The topological polar surface area (TPSA) is 61.0 Å². The van der Waals surface area contributed by atoms with E-state index in [4.69, 9.17) is 4.98 Å². The van der Waals surface area contributed by atoms with E-state index in [0.717, 1.165) is 41.2 Å². The molecular formula is C24H23FN4O. The first-order chi connectivity index (χ1) is 14.6. The van der Waals surface area contributed by atoms with Gasteiger partial charge in [0.25, 0.3) is 5.91 Å². The third kappa shape index (κ3) is 3.89. The molecule has 0 atom stereocenters. The smallest absolute Gasteiger partial charge is 0.255 e. The van der Waals surface area contributed by atoms with Gasteiger partial charge in [-0.2, -0.15) is 0 Å². The molecule has 4 aromatic rings. The van der Waals surface area contributed by atoms with Crippen LogP contribution in [0.2, 0.25) is 0 Å². The van der Waals surface area contributed by atoms with Crippen LogP contribution >= 0.6 is 0 Å². The van der Waals surface area contributed by atoms with Crippen molar-refractivity contribution in [1.82, 2.24) is 9.97 Å². The first-order valence-electron chi connectivity index (χ1n) is 10.00. The molecule has 0 radical (unpaired) electrons. The van der Waals surface area contributed by atoms with Crippen LogP contribution in [0.5, 0.6) is 0 Å². The van der Waals surface area contributed by atoms with Crippen LogP contribution in [0.15, 0.2) is 66.7 Å². The van der Waals surface area contributed by atoms with Crippen LogP contribution in [0.3, 0.4) is 0 Å². The molecule has 0 saturated carbocycles. The van der Waals surface area contributed by atoms with E-state index in [1.54, 1.807) is 0 Å². The molecule has 0 unspecified atom stereocenters. The second kappa shape index (κ2) is 8.37. The lowest BCUT2D eigenvalue weighted by atomic mass is 10.1. The first kappa shape index (κ1) is 19.6. The summed E-state index contributed by atoms with van der Waals surface area (Å²) in [6.45, 7) is 5.72. The molecule has 152 valence electrons. The van der Waals surface area contributed by atoms with Crippen LogP contribution in [0.4, 0.5) is 15.8 Å². The minimum Gasteiger partial charge on any atom is -0.370 e. The molecule has 0 saturated heterocycles. The predicted molar refractivity (Wildman–Crippen MR) is 119 cm³/mol. The molecule has 5 nitrogen and oxygen atoms in total. The molecule has 0 aliphatic rings. The quantitative estimate of drug-likeness (QED) is 0.450. The largest absolute Gasteiger partial charge is 0.370 e. The summed E-state index contributed by atoms with van der Waals surface area (Å²) in [5.41, 5.74) is 4.64. The van der Waals surface area contributed by atoms with Crippen LogP contribution in [0.1, 0.15) is 24.2 Å². The number of hydrogen-bond acceptors (Lipinski definition) is 3. The zero-order valence-corrected chi connectivity index (χ0v) is 16.9. The first-order valence-corrected chi connectivity index (χ1v) is 10.00. The van der Waals surface area contributed by atoms with Gasteiger partial charge in [-0.05, 0) is 50.2 Å². The molecule has 2 N–H and O–H groups in total. The predicted octanol–water partition coefficient (Wildman–Crippen LogP) is 5.47. The molecule has 1 heterocycles. The fraction of sp³-hybridized carbons (Fsp3) is 0.167. The van der Waals surface area contributed by atoms with Gasteiger partial charge in [-0.25, -0.2) is 9.37 Å². The SMILES string of the molecule is CCN(CC)c1cc2nc(-c3ccccc3)[nH]c2cc1NC(=O)c1ccc(F)cc1. The minimum absolute atomic E-state index is 0.287. The maximum atomic E-state index is 13.2. The number of anilines is 2. The minimum atomic E-state index is -0.372. The van der Waals surface area contributed by atoms with Crippen LogP contribution < -0.4 is 10.2 Å². The number of carbonyl (C=O) groups is 1. The summed E-state index contributed by atoms with van der Waals surface area (Å²) in [5.74, 6) is 0.117. The molecule has 4 rings (SSSR count). The Kier molecular flexibility index (Phi) is 5.48. The number of hydrogen-bond donors (Lipinski definition) is 2. The van der Waals surface area contributed by atoms with Gasteiger partial charge in [-0.15, -0.1) is 0 Å². The number of amides is 1. The van der Waals surface area contributed by atoms with Gasteiger partial charge < -0.3 is 15.2 Å². The summed E-state index contributed by atoms with van der Waals surface area (Å²) < 4.78 is 13.2. The fourth-order valence-electron chi connectivity index (χ4n) is 3.50. The van der Waals surface area contributed by atoms with Crippen molar-refractivity contribution in [2.75, 3.05) is 23.3 Å². The Morgan fingerprint density at radius 1 is 1.03 bits per heavy atom. The maximum absolute atomic E-state index is 13.2. The molecule has 0 fully saturated rings. The normalized spacial score (nSPS) is 10.9. The summed E-state index contributed by atoms with van der Waals surface area (Å²) in [4.78, 5) is 23.0. The van der Waals surface area contributed by atoms with E-state index in [2.05, 4.69) is 29.0 Å². The number of nitrogens with one attached hydrogen (secondary N) is 2. The Bertz CT molecular complexity index is 1170. The van der Waals surface area contributed by atoms with Crippen LogP contribution in [-0.4, -0.2) is 29.0 Å². The molecule has 0 bridgehead atoms. The Balaban J connectivity index is 1.76. The van der Waals surface area contributed by atoms with Gasteiger partial charge in [0.1, 0.15) is 11.6 Å². The summed E-state index contributed by atoms with van der Waals surface area (Å²) in [5, 5.41) is 2.99. The van der Waals surface area contributed by atoms with Crippen molar-refractivity contribution >= 4 is 28.3 Å². The highest BCUT2D eigenvalue weighted by Crippen LogP contribution is 2.32. The number of rotatable bonds is 6. The standard InChI is InChI=1S/C24H23FN4O/c1-3-29(4-2)22-15-20-19(26-23(27-20)16-8-6-5-7-9-16)14-21(22)28-24(30)17-10-12-18(25)13-11-17/h5-15H,3-4H2,1-2H3,(H,26,27)(H,28,30). The van der Waals surface area contributed by atoms with E-state index < -0.39 is 0 Å². The van der Waals surface area contributed by atoms with Gasteiger partial charge in [0, 0.05) is 24.2 Å². The number of H-pyrrole nitrogens is 1. The number of aromatic nitrogens is 2. The van der Waals surface area contributed by atoms with Crippen LogP contribution in [0.25, 0.3) is 22.4 Å². The number of aromatic amines is 1. The van der Waals surface area contributed by atoms with Crippen molar-refractivity contribution in [2.45, 2.75) is 13.8 Å². The third-order valence-electron chi connectivity index (χ3n) is 5.11. The molecule has 1 amide bonds. The fourth-order valence-corrected chi connectivity index (χ4v) is 3.50. The number of halogens is 1. The van der Waals surface area contributed by atoms with Gasteiger partial charge in [0.05, 0.1) is 22.4 Å². The van der Waals surface area contributed by atoms with E-state index in [1.165, 1.54) is 24.3 Å². The summed E-state index contributed by atoms with van der Waals surface area (Å²) in [6, 6.07) is 19.3. The summed E-state index contributed by atoms with van der Waals surface area (Å²) in [7, 11) is 0. The number of carbonyl (C=O) groups excluding carboxylic acids is 1. The summed E-state index contributed by atoms with van der Waals surface area (Å²) in [6.07, 6.45) is 0.